The van der Waals surface area contributed by atoms with Crippen molar-refractivity contribution in [2.75, 3.05) is 14.1 Å². The molecule has 0 amide bonds. The summed E-state index contributed by atoms with van der Waals surface area (Å²) in [6.07, 6.45) is 4.88. The van der Waals surface area contributed by atoms with Crippen molar-refractivity contribution in [2.24, 2.45) is 0 Å². The molecular formula is C13H17ClN4O2. The van der Waals surface area contributed by atoms with Gasteiger partial charge in [0.2, 0.25) is 0 Å². The van der Waals surface area contributed by atoms with Gasteiger partial charge in [0.25, 0.3) is 6.20 Å². The van der Waals surface area contributed by atoms with Gasteiger partial charge in [-0.05, 0) is 24.5 Å². The van der Waals surface area contributed by atoms with Crippen LogP contribution in [0.4, 0.5) is 0 Å². The van der Waals surface area contributed by atoms with Gasteiger partial charge in [-0.15, -0.1) is 0 Å². The zero-order valence-electron chi connectivity index (χ0n) is 11.5. The van der Waals surface area contributed by atoms with E-state index in [1.807, 2.05) is 25.1 Å². The maximum atomic E-state index is 10.8. The van der Waals surface area contributed by atoms with Gasteiger partial charge in [-0.25, -0.2) is 4.98 Å². The molecule has 20 heavy (non-hydrogen) atoms. The van der Waals surface area contributed by atoms with Crippen LogP contribution in [0.1, 0.15) is 18.4 Å². The quantitative estimate of drug-likeness (QED) is 0.458. The van der Waals surface area contributed by atoms with Crippen LogP contribution in [0.3, 0.4) is 0 Å². The Morgan fingerprint density at radius 3 is 2.70 bits per heavy atom. The second kappa shape index (κ2) is 6.09. The predicted molar refractivity (Wildman–Crippen MR) is 76.6 cm³/mol. The predicted octanol–water partition coefficient (Wildman–Crippen LogP) is 2.34. The minimum Gasteiger partial charge on any atom is -0.359 e. The monoisotopic (exact) mass is 296 g/mol. The third-order valence-electron chi connectivity index (χ3n) is 3.10. The average Bonchev–Trinajstić information content (AvgIpc) is 3.19. The van der Waals surface area contributed by atoms with Gasteiger partial charge in [0.05, 0.1) is 4.92 Å². The molecule has 1 aromatic heterocycles. The summed E-state index contributed by atoms with van der Waals surface area (Å²) in [5.74, 6) is 0.604. The maximum absolute atomic E-state index is 10.8. The molecule has 1 aliphatic carbocycles. The van der Waals surface area contributed by atoms with E-state index < -0.39 is 4.92 Å². The molecule has 0 saturated heterocycles. The minimum atomic E-state index is -0.412. The molecule has 0 N–H and O–H groups in total. The molecular weight excluding hydrogens is 280 g/mol. The number of nitro groups is 1. The van der Waals surface area contributed by atoms with Gasteiger partial charge in [-0.3, -0.25) is 10.1 Å². The van der Waals surface area contributed by atoms with Crippen LogP contribution in [-0.2, 0) is 6.54 Å². The van der Waals surface area contributed by atoms with Gasteiger partial charge in [0, 0.05) is 32.9 Å². The van der Waals surface area contributed by atoms with Crippen LogP contribution < -0.4 is 0 Å². The molecule has 0 radical (unpaired) electrons. The third-order valence-corrected chi connectivity index (χ3v) is 3.33. The minimum absolute atomic E-state index is 0.360. The number of halogens is 1. The summed E-state index contributed by atoms with van der Waals surface area (Å²) in [5, 5.41) is 11.2. The summed E-state index contributed by atoms with van der Waals surface area (Å²) in [7, 11) is 3.62. The number of nitrogens with zero attached hydrogens (tertiary/aromatic N) is 4. The highest BCUT2D eigenvalue weighted by Gasteiger charge is 2.32. The fourth-order valence-corrected chi connectivity index (χ4v) is 2.13. The molecule has 0 bridgehead atoms. The van der Waals surface area contributed by atoms with Crippen LogP contribution in [0.5, 0.6) is 0 Å². The molecule has 0 atom stereocenters. The Kier molecular flexibility index (Phi) is 4.44. The van der Waals surface area contributed by atoms with Crippen LogP contribution in [0.2, 0.25) is 5.15 Å². The van der Waals surface area contributed by atoms with Gasteiger partial charge in [0.15, 0.2) is 5.82 Å². The molecule has 1 heterocycles. The SMILES string of the molecule is CN(C)/C(=C\[N+](=O)[O-])N(Cc1ccc(Cl)nc1)C1CC1. The molecule has 108 valence electrons. The van der Waals surface area contributed by atoms with Gasteiger partial charge in [-0.2, -0.15) is 0 Å². The van der Waals surface area contributed by atoms with Crippen molar-refractivity contribution >= 4 is 11.6 Å². The first-order valence-corrected chi connectivity index (χ1v) is 6.75. The fraction of sp³-hybridized carbons (Fsp3) is 0.462. The van der Waals surface area contributed by atoms with Gasteiger partial charge in [0.1, 0.15) is 5.15 Å². The average molecular weight is 297 g/mol. The molecule has 1 aromatic rings. The van der Waals surface area contributed by atoms with Crippen molar-refractivity contribution in [2.45, 2.75) is 25.4 Å². The van der Waals surface area contributed by atoms with Gasteiger partial charge < -0.3 is 9.80 Å². The molecule has 1 aliphatic rings. The van der Waals surface area contributed by atoms with Crippen LogP contribution in [0.15, 0.2) is 30.4 Å². The van der Waals surface area contributed by atoms with Crippen molar-refractivity contribution in [1.82, 2.24) is 14.8 Å². The lowest BCUT2D eigenvalue weighted by Crippen LogP contribution is -2.33. The highest BCUT2D eigenvalue weighted by molar-refractivity contribution is 6.29. The summed E-state index contributed by atoms with van der Waals surface area (Å²) >= 11 is 5.77. The number of pyridine rings is 1. The molecule has 0 unspecified atom stereocenters. The molecule has 0 spiro atoms. The molecule has 6 nitrogen and oxygen atoms in total. The Balaban J connectivity index is 2.21. The third kappa shape index (κ3) is 3.84. The number of aromatic nitrogens is 1. The van der Waals surface area contributed by atoms with Crippen LogP contribution in [0.25, 0.3) is 0 Å². The first-order chi connectivity index (χ1) is 9.47. The fourth-order valence-electron chi connectivity index (χ4n) is 2.02. The van der Waals surface area contributed by atoms with E-state index in [-0.39, 0.29) is 0 Å². The molecule has 7 heteroatoms. The second-order valence-electron chi connectivity index (χ2n) is 5.02. The van der Waals surface area contributed by atoms with E-state index in [1.165, 1.54) is 0 Å². The van der Waals surface area contributed by atoms with Crippen molar-refractivity contribution in [3.8, 4) is 0 Å². The zero-order chi connectivity index (χ0) is 14.7. The van der Waals surface area contributed by atoms with Crippen LogP contribution in [0, 0.1) is 10.1 Å². The Labute approximate surface area is 122 Å². The number of hydrogen-bond donors (Lipinski definition) is 0. The second-order valence-corrected chi connectivity index (χ2v) is 5.40. The van der Waals surface area contributed by atoms with Crippen molar-refractivity contribution in [3.63, 3.8) is 0 Å². The van der Waals surface area contributed by atoms with Crippen molar-refractivity contribution in [3.05, 3.63) is 51.2 Å². The lowest BCUT2D eigenvalue weighted by atomic mass is 10.2. The van der Waals surface area contributed by atoms with E-state index >= 15 is 0 Å². The van der Waals surface area contributed by atoms with Crippen molar-refractivity contribution < 1.29 is 4.92 Å². The Morgan fingerprint density at radius 1 is 1.55 bits per heavy atom. The van der Waals surface area contributed by atoms with Gasteiger partial charge in [-0.1, -0.05) is 17.7 Å². The smallest absolute Gasteiger partial charge is 0.274 e. The van der Waals surface area contributed by atoms with Crippen LogP contribution in [-0.4, -0.2) is 39.8 Å². The summed E-state index contributed by atoms with van der Waals surface area (Å²) < 4.78 is 0. The van der Waals surface area contributed by atoms with E-state index in [4.69, 9.17) is 11.6 Å². The summed E-state index contributed by atoms with van der Waals surface area (Å²) in [5.41, 5.74) is 0.984. The Bertz CT molecular complexity index is 512. The van der Waals surface area contributed by atoms with E-state index in [0.29, 0.717) is 23.6 Å². The molecule has 2 rings (SSSR count). The van der Waals surface area contributed by atoms with E-state index in [9.17, 15) is 10.1 Å². The Hall–Kier alpha value is -1.82. The highest BCUT2D eigenvalue weighted by atomic mass is 35.5. The maximum Gasteiger partial charge on any atom is 0.274 e. The Morgan fingerprint density at radius 2 is 2.25 bits per heavy atom. The van der Waals surface area contributed by atoms with E-state index in [1.54, 1.807) is 17.2 Å². The van der Waals surface area contributed by atoms with Gasteiger partial charge >= 0.3 is 0 Å². The van der Waals surface area contributed by atoms with E-state index in [2.05, 4.69) is 4.98 Å². The summed E-state index contributed by atoms with van der Waals surface area (Å²) in [6, 6.07) is 3.98. The first kappa shape index (κ1) is 14.6. The molecule has 0 aromatic carbocycles. The van der Waals surface area contributed by atoms with Crippen LogP contribution >= 0.6 is 11.6 Å². The largest absolute Gasteiger partial charge is 0.359 e. The standard InChI is InChI=1S/C13H17ClN4O2/c1-16(2)13(9-18(19)20)17(11-4-5-11)8-10-3-6-12(14)15-7-10/h3,6-7,9,11H,4-5,8H2,1-2H3/b13-9+. The lowest BCUT2D eigenvalue weighted by Gasteiger charge is -2.30. The first-order valence-electron chi connectivity index (χ1n) is 6.37. The van der Waals surface area contributed by atoms with E-state index in [0.717, 1.165) is 24.6 Å². The van der Waals surface area contributed by atoms with Crippen molar-refractivity contribution in [1.29, 1.82) is 0 Å². The number of rotatable bonds is 6. The summed E-state index contributed by atoms with van der Waals surface area (Å²) in [6.45, 7) is 0.590. The zero-order valence-corrected chi connectivity index (χ0v) is 12.2. The highest BCUT2D eigenvalue weighted by Crippen LogP contribution is 2.32. The molecule has 0 aliphatic heterocycles. The number of hydrogen-bond acceptors (Lipinski definition) is 5. The lowest BCUT2D eigenvalue weighted by molar-refractivity contribution is -0.405. The topological polar surface area (TPSA) is 62.5 Å². The molecule has 1 saturated carbocycles. The summed E-state index contributed by atoms with van der Waals surface area (Å²) in [4.78, 5) is 18.3. The normalized spacial score (nSPS) is 15.1. The molecule has 1 fully saturated rings.